The van der Waals surface area contributed by atoms with E-state index in [4.69, 9.17) is 21.4 Å². The largest absolute Gasteiger partial charge is 0.373 e. The van der Waals surface area contributed by atoms with Crippen molar-refractivity contribution in [3.8, 4) is 0 Å². The standard InChI is InChI=1S/C26H31ClFN3O/c1-18(24-13-22(27)12-21-16-31(30-25(21)24)15-20-2-3-20)32-17-26(8-10-29-11-9-26)14-19-4-6-23(28)7-5-19/h4-7,12-13,16,18,20,29H,2-3,8-11,14-15,17H2,1H3. The molecule has 1 N–H and O–H groups in total. The fourth-order valence-corrected chi connectivity index (χ4v) is 5.13. The number of benzene rings is 2. The molecule has 1 aliphatic carbocycles. The molecule has 1 atom stereocenters. The van der Waals surface area contributed by atoms with Crippen LogP contribution in [0, 0.1) is 17.2 Å². The molecule has 1 aromatic heterocycles. The Kier molecular flexibility index (Phi) is 6.24. The van der Waals surface area contributed by atoms with Gasteiger partial charge in [0.15, 0.2) is 0 Å². The van der Waals surface area contributed by atoms with Crippen molar-refractivity contribution in [2.45, 2.75) is 51.7 Å². The molecule has 0 bridgehead atoms. The molecule has 0 amide bonds. The van der Waals surface area contributed by atoms with Crippen molar-refractivity contribution in [1.82, 2.24) is 15.1 Å². The van der Waals surface area contributed by atoms with Gasteiger partial charge < -0.3 is 10.1 Å². The van der Waals surface area contributed by atoms with E-state index in [0.29, 0.717) is 6.61 Å². The van der Waals surface area contributed by atoms with Crippen molar-refractivity contribution in [2.24, 2.45) is 11.3 Å². The Morgan fingerprint density at radius 1 is 1.22 bits per heavy atom. The number of hydrogen-bond donors (Lipinski definition) is 1. The maximum absolute atomic E-state index is 13.4. The van der Waals surface area contributed by atoms with E-state index in [9.17, 15) is 4.39 Å². The van der Waals surface area contributed by atoms with Crippen LogP contribution in [0.15, 0.2) is 42.6 Å². The molecule has 170 valence electrons. The normalized spacial score (nSPS) is 19.3. The van der Waals surface area contributed by atoms with Crippen LogP contribution in [0.2, 0.25) is 5.02 Å². The van der Waals surface area contributed by atoms with Crippen LogP contribution in [0.5, 0.6) is 0 Å². The van der Waals surface area contributed by atoms with Gasteiger partial charge in [0.05, 0.1) is 18.2 Å². The monoisotopic (exact) mass is 455 g/mol. The molecule has 2 aromatic carbocycles. The topological polar surface area (TPSA) is 39.1 Å². The van der Waals surface area contributed by atoms with E-state index in [2.05, 4.69) is 23.1 Å². The number of aromatic nitrogens is 2. The van der Waals surface area contributed by atoms with Crippen molar-refractivity contribution >= 4 is 22.5 Å². The van der Waals surface area contributed by atoms with Crippen molar-refractivity contribution < 1.29 is 9.13 Å². The smallest absolute Gasteiger partial charge is 0.123 e. The summed E-state index contributed by atoms with van der Waals surface area (Å²) in [7, 11) is 0. The average molecular weight is 456 g/mol. The van der Waals surface area contributed by atoms with Gasteiger partial charge in [-0.05, 0) is 87.9 Å². The summed E-state index contributed by atoms with van der Waals surface area (Å²) in [6, 6.07) is 10.9. The van der Waals surface area contributed by atoms with Gasteiger partial charge in [0.25, 0.3) is 0 Å². The minimum Gasteiger partial charge on any atom is -0.373 e. The molecule has 2 aliphatic rings. The van der Waals surface area contributed by atoms with Crippen LogP contribution in [-0.2, 0) is 17.7 Å². The van der Waals surface area contributed by atoms with Gasteiger partial charge >= 0.3 is 0 Å². The van der Waals surface area contributed by atoms with Crippen molar-refractivity contribution in [3.05, 3.63) is 64.6 Å². The summed E-state index contributed by atoms with van der Waals surface area (Å²) in [5.74, 6) is 0.576. The third-order valence-corrected chi connectivity index (χ3v) is 7.24. The zero-order chi connectivity index (χ0) is 22.1. The quantitative estimate of drug-likeness (QED) is 0.457. The van der Waals surface area contributed by atoms with Crippen LogP contribution in [0.4, 0.5) is 4.39 Å². The lowest BCUT2D eigenvalue weighted by Gasteiger charge is -2.38. The molecular formula is C26H31ClFN3O. The van der Waals surface area contributed by atoms with Crippen LogP contribution in [0.3, 0.4) is 0 Å². The molecule has 5 rings (SSSR count). The second kappa shape index (κ2) is 9.12. The highest BCUT2D eigenvalue weighted by Crippen LogP contribution is 2.37. The Bertz CT molecular complexity index is 1070. The van der Waals surface area contributed by atoms with Gasteiger partial charge in [0.1, 0.15) is 5.82 Å². The summed E-state index contributed by atoms with van der Waals surface area (Å²) in [5, 5.41) is 10.1. The second-order valence-corrected chi connectivity index (χ2v) is 10.2. The van der Waals surface area contributed by atoms with Crippen molar-refractivity contribution in [1.29, 1.82) is 0 Å². The lowest BCUT2D eigenvalue weighted by Crippen LogP contribution is -2.41. The Balaban J connectivity index is 1.34. The van der Waals surface area contributed by atoms with E-state index < -0.39 is 0 Å². The molecule has 1 saturated carbocycles. The molecule has 4 nitrogen and oxygen atoms in total. The summed E-state index contributed by atoms with van der Waals surface area (Å²) < 4.78 is 22.0. The van der Waals surface area contributed by atoms with E-state index >= 15 is 0 Å². The summed E-state index contributed by atoms with van der Waals surface area (Å²) in [5.41, 5.74) is 3.24. The van der Waals surface area contributed by atoms with E-state index in [1.165, 1.54) is 12.8 Å². The predicted octanol–water partition coefficient (Wildman–Crippen LogP) is 5.93. The predicted molar refractivity (Wildman–Crippen MR) is 126 cm³/mol. The molecule has 2 heterocycles. The van der Waals surface area contributed by atoms with Gasteiger partial charge in [-0.2, -0.15) is 5.10 Å². The average Bonchev–Trinajstić information content (AvgIpc) is 3.51. The zero-order valence-electron chi connectivity index (χ0n) is 18.6. The Labute approximate surface area is 194 Å². The summed E-state index contributed by atoms with van der Waals surface area (Å²) >= 11 is 6.46. The maximum Gasteiger partial charge on any atom is 0.123 e. The minimum absolute atomic E-state index is 0.0420. The highest BCUT2D eigenvalue weighted by Gasteiger charge is 2.33. The van der Waals surface area contributed by atoms with E-state index in [1.807, 2.05) is 24.3 Å². The Morgan fingerprint density at radius 3 is 2.69 bits per heavy atom. The van der Waals surface area contributed by atoms with Crippen LogP contribution in [-0.4, -0.2) is 29.5 Å². The minimum atomic E-state index is -0.191. The van der Waals surface area contributed by atoms with Crippen LogP contribution >= 0.6 is 11.6 Å². The lowest BCUT2D eigenvalue weighted by atomic mass is 9.75. The number of hydrogen-bond acceptors (Lipinski definition) is 3. The fraction of sp³-hybridized carbons (Fsp3) is 0.500. The van der Waals surface area contributed by atoms with Crippen LogP contribution in [0.25, 0.3) is 10.9 Å². The highest BCUT2D eigenvalue weighted by molar-refractivity contribution is 6.31. The summed E-state index contributed by atoms with van der Waals surface area (Å²) in [6.07, 6.45) is 7.57. The molecule has 3 aromatic rings. The van der Waals surface area contributed by atoms with Gasteiger partial charge in [-0.1, -0.05) is 23.7 Å². The second-order valence-electron chi connectivity index (χ2n) is 9.73. The van der Waals surface area contributed by atoms with Gasteiger partial charge in [-0.15, -0.1) is 0 Å². The Hall–Kier alpha value is -1.95. The molecule has 1 saturated heterocycles. The first-order valence-corrected chi connectivity index (χ1v) is 12.1. The first-order valence-electron chi connectivity index (χ1n) is 11.7. The van der Waals surface area contributed by atoms with Crippen LogP contribution in [0.1, 0.15) is 49.8 Å². The zero-order valence-corrected chi connectivity index (χ0v) is 19.4. The van der Waals surface area contributed by atoms with Gasteiger partial charge in [-0.3, -0.25) is 4.68 Å². The van der Waals surface area contributed by atoms with E-state index in [0.717, 1.165) is 71.9 Å². The van der Waals surface area contributed by atoms with Gasteiger partial charge in [0, 0.05) is 34.1 Å². The third kappa shape index (κ3) is 5.00. The molecule has 1 aliphatic heterocycles. The van der Waals surface area contributed by atoms with Crippen LogP contribution < -0.4 is 5.32 Å². The molecule has 2 fully saturated rings. The summed E-state index contributed by atoms with van der Waals surface area (Å²) in [4.78, 5) is 0. The van der Waals surface area contributed by atoms with E-state index in [-0.39, 0.29) is 17.3 Å². The molecule has 6 heteroatoms. The molecular weight excluding hydrogens is 425 g/mol. The maximum atomic E-state index is 13.4. The molecule has 1 unspecified atom stereocenters. The van der Waals surface area contributed by atoms with Gasteiger partial charge in [-0.25, -0.2) is 4.39 Å². The number of rotatable bonds is 8. The number of ether oxygens (including phenoxy) is 1. The number of nitrogens with zero attached hydrogens (tertiary/aromatic N) is 2. The molecule has 0 radical (unpaired) electrons. The first-order chi connectivity index (χ1) is 15.5. The number of halogens is 2. The number of piperidine rings is 1. The molecule has 0 spiro atoms. The van der Waals surface area contributed by atoms with E-state index in [1.54, 1.807) is 12.1 Å². The Morgan fingerprint density at radius 2 is 1.97 bits per heavy atom. The van der Waals surface area contributed by atoms with Gasteiger partial charge in [0.2, 0.25) is 0 Å². The fourth-order valence-electron chi connectivity index (χ4n) is 4.90. The third-order valence-electron chi connectivity index (χ3n) is 7.03. The van der Waals surface area contributed by atoms with Crippen molar-refractivity contribution in [2.75, 3.05) is 19.7 Å². The SMILES string of the molecule is CC(OCC1(Cc2ccc(F)cc2)CCNCC1)c1cc(Cl)cc2cn(CC3CC3)nc12. The number of nitrogens with one attached hydrogen (secondary N) is 1. The number of fused-ring (bicyclic) bond motifs is 1. The lowest BCUT2D eigenvalue weighted by molar-refractivity contribution is -0.0158. The van der Waals surface area contributed by atoms with Crippen molar-refractivity contribution in [3.63, 3.8) is 0 Å². The molecule has 32 heavy (non-hydrogen) atoms. The highest BCUT2D eigenvalue weighted by atomic mass is 35.5. The first kappa shape index (κ1) is 21.9. The summed E-state index contributed by atoms with van der Waals surface area (Å²) in [6.45, 7) is 5.69.